The van der Waals surface area contributed by atoms with Crippen molar-refractivity contribution in [2.45, 2.75) is 31.7 Å². The van der Waals surface area contributed by atoms with Crippen molar-refractivity contribution in [1.29, 1.82) is 0 Å². The first-order valence-electron chi connectivity index (χ1n) is 13.8. The van der Waals surface area contributed by atoms with Crippen molar-refractivity contribution in [1.82, 2.24) is 5.32 Å². The van der Waals surface area contributed by atoms with Crippen molar-refractivity contribution < 1.29 is 24.2 Å². The summed E-state index contributed by atoms with van der Waals surface area (Å²) in [5.74, 6) is -0.581. The lowest BCUT2D eigenvalue weighted by molar-refractivity contribution is -0.137. The summed E-state index contributed by atoms with van der Waals surface area (Å²) in [6.45, 7) is 0.926. The Kier molecular flexibility index (Phi) is 11.1. The van der Waals surface area contributed by atoms with Crippen LogP contribution in [-0.2, 0) is 22.4 Å². The summed E-state index contributed by atoms with van der Waals surface area (Å²) in [6, 6.07) is 29.6. The highest BCUT2D eigenvalue weighted by atomic mass is 35.5. The van der Waals surface area contributed by atoms with Gasteiger partial charge in [0, 0.05) is 41.2 Å². The minimum atomic E-state index is -1.02. The standard InChI is InChI=1S/C34H33ClN2O5/c35-29-13-6-4-9-25(29)17-20-32(38)36-21-8-22-42-27-18-15-24(16-19-27)23-31(34(40)41)37-30-14-7-5-12-28(30)33(39)26-10-2-1-3-11-26/h1-7,9-16,18-19,31,37H,8,17,20-23H2,(H,36,38)(H,40,41). The summed E-state index contributed by atoms with van der Waals surface area (Å²) in [5.41, 5.74) is 3.17. The Balaban J connectivity index is 1.23. The molecule has 4 rings (SSSR count). The van der Waals surface area contributed by atoms with Gasteiger partial charge in [-0.3, -0.25) is 9.59 Å². The fraction of sp³-hybridized carbons (Fsp3) is 0.206. The molecule has 4 aromatic rings. The van der Waals surface area contributed by atoms with Crippen LogP contribution in [0.25, 0.3) is 0 Å². The largest absolute Gasteiger partial charge is 0.494 e. The molecule has 0 saturated carbocycles. The second-order valence-corrected chi connectivity index (χ2v) is 10.2. The highest BCUT2D eigenvalue weighted by Gasteiger charge is 2.21. The Morgan fingerprint density at radius 2 is 1.52 bits per heavy atom. The van der Waals surface area contributed by atoms with E-state index in [-0.39, 0.29) is 18.1 Å². The fourth-order valence-corrected chi connectivity index (χ4v) is 4.66. The van der Waals surface area contributed by atoms with Gasteiger partial charge in [0.25, 0.3) is 0 Å². The van der Waals surface area contributed by atoms with E-state index in [9.17, 15) is 19.5 Å². The van der Waals surface area contributed by atoms with Crippen LogP contribution in [0.4, 0.5) is 5.69 Å². The molecule has 8 heteroatoms. The predicted octanol–water partition coefficient (Wildman–Crippen LogP) is 6.20. The lowest BCUT2D eigenvalue weighted by Gasteiger charge is -2.18. The number of carboxylic acid groups (broad SMARTS) is 1. The fourth-order valence-electron chi connectivity index (χ4n) is 4.42. The number of carbonyl (C=O) groups excluding carboxylic acids is 2. The van der Waals surface area contributed by atoms with Gasteiger partial charge in [0.05, 0.1) is 6.61 Å². The van der Waals surface area contributed by atoms with Crippen LogP contribution in [0, 0.1) is 0 Å². The molecule has 0 spiro atoms. The van der Waals surface area contributed by atoms with Crippen LogP contribution in [0.15, 0.2) is 103 Å². The summed E-state index contributed by atoms with van der Waals surface area (Å²) < 4.78 is 5.78. The summed E-state index contributed by atoms with van der Waals surface area (Å²) in [7, 11) is 0. The van der Waals surface area contributed by atoms with Gasteiger partial charge < -0.3 is 20.5 Å². The van der Waals surface area contributed by atoms with Crippen LogP contribution in [0.3, 0.4) is 0 Å². The van der Waals surface area contributed by atoms with E-state index < -0.39 is 12.0 Å². The first kappa shape index (κ1) is 30.3. The number of aliphatic carboxylic acids is 1. The molecule has 0 radical (unpaired) electrons. The molecule has 42 heavy (non-hydrogen) atoms. The number of carboxylic acids is 1. The number of anilines is 1. The minimum Gasteiger partial charge on any atom is -0.494 e. The van der Waals surface area contributed by atoms with E-state index in [2.05, 4.69) is 10.6 Å². The third kappa shape index (κ3) is 8.94. The van der Waals surface area contributed by atoms with Crippen molar-refractivity contribution in [2.75, 3.05) is 18.5 Å². The summed E-state index contributed by atoms with van der Waals surface area (Å²) in [5, 5.41) is 16.5. The average molecular weight is 585 g/mol. The molecule has 0 aliphatic rings. The number of para-hydroxylation sites is 1. The monoisotopic (exact) mass is 584 g/mol. The number of hydrogen-bond donors (Lipinski definition) is 3. The van der Waals surface area contributed by atoms with Crippen LogP contribution < -0.4 is 15.4 Å². The third-order valence-electron chi connectivity index (χ3n) is 6.69. The number of nitrogens with one attached hydrogen (secondary N) is 2. The molecule has 0 fully saturated rings. The van der Waals surface area contributed by atoms with Gasteiger partial charge in [0.2, 0.25) is 5.91 Å². The van der Waals surface area contributed by atoms with Crippen LogP contribution in [0.1, 0.15) is 39.9 Å². The van der Waals surface area contributed by atoms with E-state index in [0.717, 1.165) is 11.1 Å². The number of rotatable bonds is 15. The highest BCUT2D eigenvalue weighted by molar-refractivity contribution is 6.31. The minimum absolute atomic E-state index is 0.0343. The predicted molar refractivity (Wildman–Crippen MR) is 164 cm³/mol. The number of aryl methyl sites for hydroxylation is 1. The SMILES string of the molecule is O=C(CCc1ccccc1Cl)NCCCOc1ccc(CC(Nc2ccccc2C(=O)c2ccccc2)C(=O)O)cc1. The Bertz CT molecular complexity index is 1490. The molecule has 0 heterocycles. The molecule has 0 bridgehead atoms. The van der Waals surface area contributed by atoms with Crippen molar-refractivity contribution >= 4 is 34.9 Å². The van der Waals surface area contributed by atoms with E-state index in [0.29, 0.717) is 60.0 Å². The van der Waals surface area contributed by atoms with Gasteiger partial charge in [-0.2, -0.15) is 0 Å². The molecule has 4 aromatic carbocycles. The summed E-state index contributed by atoms with van der Waals surface area (Å²) in [4.78, 5) is 37.2. The molecular weight excluding hydrogens is 552 g/mol. The number of ether oxygens (including phenoxy) is 1. The first-order chi connectivity index (χ1) is 20.4. The molecule has 0 aromatic heterocycles. The van der Waals surface area contributed by atoms with Gasteiger partial charge >= 0.3 is 5.97 Å². The van der Waals surface area contributed by atoms with E-state index in [1.54, 1.807) is 60.7 Å². The second-order valence-electron chi connectivity index (χ2n) is 9.77. The van der Waals surface area contributed by atoms with Gasteiger partial charge in [-0.25, -0.2) is 4.79 Å². The zero-order valence-corrected chi connectivity index (χ0v) is 23.8. The molecule has 3 N–H and O–H groups in total. The number of benzene rings is 4. The molecule has 1 atom stereocenters. The quantitative estimate of drug-likeness (QED) is 0.114. The number of ketones is 1. The normalized spacial score (nSPS) is 11.4. The zero-order valence-electron chi connectivity index (χ0n) is 23.1. The zero-order chi connectivity index (χ0) is 29.7. The van der Waals surface area contributed by atoms with E-state index in [4.69, 9.17) is 16.3 Å². The third-order valence-corrected chi connectivity index (χ3v) is 7.06. The van der Waals surface area contributed by atoms with Crippen LogP contribution in [-0.4, -0.2) is 42.0 Å². The van der Waals surface area contributed by atoms with E-state index in [1.165, 1.54) is 0 Å². The number of amides is 1. The Hall–Kier alpha value is -4.62. The van der Waals surface area contributed by atoms with Crippen LogP contribution >= 0.6 is 11.6 Å². The number of hydrogen-bond acceptors (Lipinski definition) is 5. The van der Waals surface area contributed by atoms with Gasteiger partial charge in [0.15, 0.2) is 5.78 Å². The first-order valence-corrected chi connectivity index (χ1v) is 14.2. The second kappa shape index (κ2) is 15.4. The molecule has 7 nitrogen and oxygen atoms in total. The van der Waals surface area contributed by atoms with Crippen LogP contribution in [0.2, 0.25) is 5.02 Å². The lowest BCUT2D eigenvalue weighted by Crippen LogP contribution is -2.32. The van der Waals surface area contributed by atoms with Crippen molar-refractivity contribution in [3.05, 3.63) is 130 Å². The number of carbonyl (C=O) groups is 3. The van der Waals surface area contributed by atoms with Crippen molar-refractivity contribution in [3.63, 3.8) is 0 Å². The molecule has 1 unspecified atom stereocenters. The molecule has 1 amide bonds. The Morgan fingerprint density at radius 3 is 2.26 bits per heavy atom. The van der Waals surface area contributed by atoms with E-state index in [1.807, 2.05) is 42.5 Å². The number of halogens is 1. The molecular formula is C34H33ClN2O5. The summed E-state index contributed by atoms with van der Waals surface area (Å²) in [6.07, 6.45) is 1.81. The maximum absolute atomic E-state index is 13.0. The topological polar surface area (TPSA) is 105 Å². The maximum Gasteiger partial charge on any atom is 0.326 e. The Morgan fingerprint density at radius 1 is 0.833 bits per heavy atom. The van der Waals surface area contributed by atoms with Gasteiger partial charge in [-0.15, -0.1) is 0 Å². The highest BCUT2D eigenvalue weighted by Crippen LogP contribution is 2.22. The molecule has 0 aliphatic carbocycles. The van der Waals surface area contributed by atoms with Crippen molar-refractivity contribution in [3.8, 4) is 5.75 Å². The molecule has 0 aliphatic heterocycles. The average Bonchev–Trinajstić information content (AvgIpc) is 3.01. The molecule has 216 valence electrons. The van der Waals surface area contributed by atoms with Gasteiger partial charge in [-0.1, -0.05) is 84.4 Å². The van der Waals surface area contributed by atoms with Gasteiger partial charge in [-0.05, 0) is 54.3 Å². The van der Waals surface area contributed by atoms with Crippen LogP contribution in [0.5, 0.6) is 5.75 Å². The van der Waals surface area contributed by atoms with E-state index >= 15 is 0 Å². The molecule has 0 saturated heterocycles. The maximum atomic E-state index is 13.0. The smallest absolute Gasteiger partial charge is 0.326 e. The summed E-state index contributed by atoms with van der Waals surface area (Å²) >= 11 is 6.14. The Labute approximate surface area is 250 Å². The lowest BCUT2D eigenvalue weighted by atomic mass is 10.00. The van der Waals surface area contributed by atoms with Crippen molar-refractivity contribution in [2.24, 2.45) is 0 Å². The van der Waals surface area contributed by atoms with Gasteiger partial charge in [0.1, 0.15) is 11.8 Å².